The summed E-state index contributed by atoms with van der Waals surface area (Å²) in [6.45, 7) is 5.25. The van der Waals surface area contributed by atoms with Crippen LogP contribution in [0.15, 0.2) is 267 Å². The van der Waals surface area contributed by atoms with Crippen molar-refractivity contribution >= 4 is 57.3 Å². The number of fused-ring (bicyclic) bond motifs is 1. The molecule has 36 heteroatoms. The van der Waals surface area contributed by atoms with Crippen LogP contribution in [0.3, 0.4) is 0 Å². The Morgan fingerprint density at radius 1 is 0.425 bits per heavy atom. The van der Waals surface area contributed by atoms with Gasteiger partial charge in [-0.1, -0.05) is 308 Å². The third-order valence-electron chi connectivity index (χ3n) is 24.9. The van der Waals surface area contributed by atoms with Gasteiger partial charge in [0, 0.05) is 19.3 Å². The van der Waals surface area contributed by atoms with Gasteiger partial charge >= 0.3 is 45.5 Å². The minimum atomic E-state index is -5.21. The number of benzene rings is 9. The van der Waals surface area contributed by atoms with Gasteiger partial charge < -0.3 is 91.9 Å². The van der Waals surface area contributed by atoms with Gasteiger partial charge in [0.1, 0.15) is 73.6 Å². The highest BCUT2D eigenvalue weighted by Gasteiger charge is 2.60. The summed E-state index contributed by atoms with van der Waals surface area (Å²) in [7, 11) is -10.4. The van der Waals surface area contributed by atoms with Gasteiger partial charge in [0.25, 0.3) is 5.79 Å². The Balaban J connectivity index is 0.988. The first-order valence-corrected chi connectivity index (χ1v) is 52.5. The summed E-state index contributed by atoms with van der Waals surface area (Å²) in [6.07, 6.45) is -29.5. The van der Waals surface area contributed by atoms with E-state index in [2.05, 4.69) is 10.6 Å². The second-order valence-corrected chi connectivity index (χ2v) is 38.9. The second-order valence-electron chi connectivity index (χ2n) is 35.7. The number of nitrogens with one attached hydrogen (secondary N) is 2. The fraction of sp³-hybridized carbons (Fsp3) is 0.445. The lowest BCUT2D eigenvalue weighted by Crippen LogP contribution is -2.69. The SMILES string of the molecule is CCC(=O)O[C@H](CC)CC(=O)NC1[C@H](OP(=O)(OCc2ccccc2)OCc2ccccc2)OC(CO[C@@H]2OC(CO[C@]3(C(=O)OCc4ccccc4)C[C@@H](O)[C@@H](O)C([C@@H](COCc4ccccc4)OCc4ccccc4)O3)[C@H](OP3(=O)OCc4ccccc4CO3)[C@H](OC(=O)C[C@@H](CC)OCc3ccccc3)C2NC(=O)C[C@@H](CC)OC(=O)CC)[C@H](OCc2ccccc2)[C@@H]1OC(=O)C[C@@H](CC)OCc1ccccc1. The first-order valence-electron chi connectivity index (χ1n) is 49.6. The van der Waals surface area contributed by atoms with E-state index >= 15 is 33.1 Å². The van der Waals surface area contributed by atoms with Crippen molar-refractivity contribution in [1.82, 2.24) is 10.6 Å². The van der Waals surface area contributed by atoms with Crippen molar-refractivity contribution < 1.29 is 151 Å². The zero-order valence-electron chi connectivity index (χ0n) is 82.8. The molecule has 0 radical (unpaired) electrons. The molecule has 0 aromatic heterocycles. The van der Waals surface area contributed by atoms with E-state index in [1.807, 2.05) is 104 Å². The smallest absolute Gasteiger partial charge is 0.462 e. The average Bonchev–Trinajstić information content (AvgIpc) is 0.869. The quantitative estimate of drug-likeness (QED) is 0.0156. The van der Waals surface area contributed by atoms with Gasteiger partial charge in [-0.25, -0.2) is 13.9 Å². The molecule has 784 valence electrons. The number of phosphoric ester groups is 2. The lowest BCUT2D eigenvalue weighted by Gasteiger charge is -2.49. The van der Waals surface area contributed by atoms with Crippen molar-refractivity contribution in [3.05, 3.63) is 323 Å². The normalized spacial score (nSPS) is 22.9. The topological polar surface area (TPSA) is 412 Å². The highest BCUT2D eigenvalue weighted by atomic mass is 31.2. The number of amides is 2. The highest BCUT2D eigenvalue weighted by molar-refractivity contribution is 7.48. The van der Waals surface area contributed by atoms with Gasteiger partial charge in [0.15, 0.2) is 24.8 Å². The molecular weight excluding hydrogens is 1920 g/mol. The predicted molar refractivity (Wildman–Crippen MR) is 529 cm³/mol. The summed E-state index contributed by atoms with van der Waals surface area (Å²) in [5, 5.41) is 31.1. The van der Waals surface area contributed by atoms with Crippen molar-refractivity contribution in [2.24, 2.45) is 0 Å². The van der Waals surface area contributed by atoms with Gasteiger partial charge in [0.05, 0.1) is 123 Å². The molecule has 4 aliphatic rings. The molecule has 9 aromatic carbocycles. The number of aliphatic hydroxyl groups excluding tert-OH is 2. The van der Waals surface area contributed by atoms with Crippen molar-refractivity contribution in [3.63, 3.8) is 0 Å². The molecule has 19 atom stereocenters. The first kappa shape index (κ1) is 112. The Labute approximate surface area is 851 Å². The number of hydrogen-bond acceptors (Lipinski definition) is 32. The van der Waals surface area contributed by atoms with Crippen LogP contribution in [0.1, 0.15) is 168 Å². The van der Waals surface area contributed by atoms with E-state index < -0.39 is 252 Å². The first-order chi connectivity index (χ1) is 70.9. The van der Waals surface area contributed by atoms with Crippen LogP contribution in [0.25, 0.3) is 0 Å². The summed E-state index contributed by atoms with van der Waals surface area (Å²) in [5.74, 6) is -9.21. The monoisotopic (exact) mass is 2050 g/mol. The van der Waals surface area contributed by atoms with Gasteiger partial charge in [-0.15, -0.1) is 0 Å². The zero-order valence-corrected chi connectivity index (χ0v) is 84.6. The summed E-state index contributed by atoms with van der Waals surface area (Å²) in [6, 6.07) is 74.1. The Morgan fingerprint density at radius 2 is 0.808 bits per heavy atom. The van der Waals surface area contributed by atoms with Crippen LogP contribution in [0.5, 0.6) is 0 Å². The molecule has 4 aliphatic heterocycles. The molecule has 146 heavy (non-hydrogen) atoms. The van der Waals surface area contributed by atoms with E-state index in [4.69, 9.17) is 98.2 Å². The Bertz CT molecular complexity index is 5510. The van der Waals surface area contributed by atoms with Crippen LogP contribution in [0.2, 0.25) is 0 Å². The van der Waals surface area contributed by atoms with E-state index in [1.54, 1.807) is 204 Å². The lowest BCUT2D eigenvalue weighted by molar-refractivity contribution is -0.345. The molecule has 0 spiro atoms. The maximum atomic E-state index is 16.4. The molecule has 0 saturated carbocycles. The number of esters is 5. The van der Waals surface area contributed by atoms with Gasteiger partial charge in [-0.05, 0) is 81.3 Å². The number of rotatable bonds is 56. The third kappa shape index (κ3) is 34.3. The summed E-state index contributed by atoms with van der Waals surface area (Å²) < 4.78 is 172. The fourth-order valence-electron chi connectivity index (χ4n) is 16.7. The minimum Gasteiger partial charge on any atom is -0.462 e. The molecule has 0 aliphatic carbocycles. The molecule has 2 amide bonds. The molecule has 9 aromatic rings. The number of aliphatic hydroxyl groups is 2. The minimum absolute atomic E-state index is 0.0142. The molecule has 4 heterocycles. The number of phosphoric acid groups is 2. The van der Waals surface area contributed by atoms with Gasteiger partial charge in [0.2, 0.25) is 11.8 Å². The molecule has 3 fully saturated rings. The number of ether oxygens (including phenoxy) is 15. The summed E-state index contributed by atoms with van der Waals surface area (Å²) in [4.78, 5) is 105. The Morgan fingerprint density at radius 3 is 1.25 bits per heavy atom. The summed E-state index contributed by atoms with van der Waals surface area (Å²) >= 11 is 0. The lowest BCUT2D eigenvalue weighted by atomic mass is 9.92. The van der Waals surface area contributed by atoms with Crippen molar-refractivity contribution in [3.8, 4) is 0 Å². The summed E-state index contributed by atoms with van der Waals surface area (Å²) in [5.41, 5.74) is 6.01. The number of carbonyl (C=O) groups excluding carboxylic acids is 7. The molecule has 3 saturated heterocycles. The van der Waals surface area contributed by atoms with Crippen LogP contribution >= 0.6 is 15.6 Å². The van der Waals surface area contributed by atoms with Gasteiger partial charge in [-0.3, -0.25) is 55.9 Å². The Hall–Kier alpha value is -11.0. The van der Waals surface area contributed by atoms with E-state index in [-0.39, 0.29) is 78.2 Å². The molecule has 34 nitrogen and oxygen atoms in total. The zero-order chi connectivity index (χ0) is 103. The largest absolute Gasteiger partial charge is 0.477 e. The molecular formula is C110H132N2O32P2. The van der Waals surface area contributed by atoms with Crippen molar-refractivity contribution in [2.75, 3.05) is 19.8 Å². The number of hydrogen-bond donors (Lipinski definition) is 4. The fourth-order valence-corrected chi connectivity index (χ4v) is 19.3. The van der Waals surface area contributed by atoms with Crippen LogP contribution in [-0.4, -0.2) is 188 Å². The maximum absolute atomic E-state index is 16.4. The van der Waals surface area contributed by atoms with Crippen LogP contribution < -0.4 is 10.6 Å². The molecule has 13 rings (SSSR count). The number of carbonyl (C=O) groups is 7. The highest BCUT2D eigenvalue weighted by Crippen LogP contribution is 2.57. The van der Waals surface area contributed by atoms with Crippen LogP contribution in [0, 0.1) is 0 Å². The van der Waals surface area contributed by atoms with Crippen molar-refractivity contribution in [2.45, 2.75) is 294 Å². The average molecular weight is 2060 g/mol. The standard InChI is InChI=1S/C110H132N2O32P2/c1-7-85(125-63-76-41-23-14-24-42-76)59-97(118)140-105-100(112-94(115)58-88(10-4)137-96(117)12-6)108(144-146(123,132-68-81-51-33-19-34-52-81)133-69-82-53-35-20-36-54-82)139-91(103(105)128-66-79-47-29-17-30-48-79)73-129-107-99(111-93(114)57-87(9-3)136-95(116)11-5)106(141-98(119)60-86(8-2)126-64-77-43-25-15-26-44-77)104(143-145(122)134-70-83-55-37-38-56-84(83)71-135-145)92(138-107)74-131-110(109(121)130-67-80-49-31-18-32-50-80)61-89(113)101(120)102(142-110)90(127-65-78-45-27-16-28-46-78)72-124-62-75-39-21-13-22-40-75/h13-56,85-92,99-108,113,120H,7-12,57-74H2,1-6H3,(H,111,114)(H,112,115)/t85-,86-,87-,88-,89-,90-,91?,92?,99?,100?,101-,102?,103+,104+,105-,106-,107-,108+,110-/m1/s1. The third-order valence-corrected chi connectivity index (χ3v) is 27.6. The van der Waals surface area contributed by atoms with E-state index in [0.717, 1.165) is 16.7 Å². The van der Waals surface area contributed by atoms with Crippen LogP contribution in [0.4, 0.5) is 0 Å². The van der Waals surface area contributed by atoms with Crippen LogP contribution in [-0.2, 0) is 207 Å². The second kappa shape index (κ2) is 57.5. The van der Waals surface area contributed by atoms with E-state index in [0.29, 0.717) is 38.9 Å². The molecule has 5 unspecified atom stereocenters. The van der Waals surface area contributed by atoms with E-state index in [9.17, 15) is 19.8 Å². The maximum Gasteiger partial charge on any atom is 0.477 e. The Kier molecular flexibility index (Phi) is 44.2. The molecule has 0 bridgehead atoms. The predicted octanol–water partition coefficient (Wildman–Crippen LogP) is 16.4. The van der Waals surface area contributed by atoms with E-state index in [1.165, 1.54) is 0 Å². The van der Waals surface area contributed by atoms with Crippen molar-refractivity contribution in [1.29, 1.82) is 0 Å². The molecule has 4 N–H and O–H groups in total. The van der Waals surface area contributed by atoms with Gasteiger partial charge in [-0.2, -0.15) is 0 Å².